The molecule has 0 radical (unpaired) electrons. The third-order valence-corrected chi connectivity index (χ3v) is 7.38. The van der Waals surface area contributed by atoms with Crippen LogP contribution in [0.15, 0.2) is 36.8 Å². The number of fused-ring (bicyclic) bond motifs is 1. The summed E-state index contributed by atoms with van der Waals surface area (Å²) in [5, 5.41) is 3.12. The van der Waals surface area contributed by atoms with Crippen molar-refractivity contribution in [2.45, 2.75) is 51.4 Å². The van der Waals surface area contributed by atoms with Crippen LogP contribution in [0, 0.1) is 5.95 Å². The second-order valence-corrected chi connectivity index (χ2v) is 9.74. The lowest BCUT2D eigenvalue weighted by atomic mass is 9.90. The van der Waals surface area contributed by atoms with Gasteiger partial charge in [-0.15, -0.1) is 0 Å². The van der Waals surface area contributed by atoms with Crippen molar-refractivity contribution in [3.8, 4) is 5.75 Å². The van der Waals surface area contributed by atoms with Crippen LogP contribution in [0.3, 0.4) is 0 Å². The van der Waals surface area contributed by atoms with Crippen LogP contribution in [0.4, 0.5) is 10.3 Å². The van der Waals surface area contributed by atoms with Crippen LogP contribution in [0.1, 0.15) is 58.4 Å². The number of carbonyl (C=O) groups is 1. The van der Waals surface area contributed by atoms with Crippen molar-refractivity contribution >= 4 is 11.9 Å². The van der Waals surface area contributed by atoms with E-state index in [1.54, 1.807) is 12.3 Å². The first-order chi connectivity index (χ1) is 17.4. The SMILES string of the molecule is CNc1nccn1Cc1cc(CN(C)C2CC2)c2c(c1)C(=O)N([C@@H](C)c1cnc(F)c(OC)c1)CC2. The van der Waals surface area contributed by atoms with Gasteiger partial charge in [-0.05, 0) is 67.6 Å². The number of ether oxygens (including phenoxy) is 1. The Hall–Kier alpha value is -3.46. The summed E-state index contributed by atoms with van der Waals surface area (Å²) in [6, 6.07) is 6.27. The van der Waals surface area contributed by atoms with E-state index in [0.717, 1.165) is 41.2 Å². The number of nitrogens with zero attached hydrogens (tertiary/aromatic N) is 5. The van der Waals surface area contributed by atoms with Crippen molar-refractivity contribution in [3.05, 3.63) is 70.6 Å². The molecule has 1 fully saturated rings. The Bertz CT molecular complexity index is 1270. The topological polar surface area (TPSA) is 75.5 Å². The Kier molecular flexibility index (Phi) is 6.66. The van der Waals surface area contributed by atoms with Crippen molar-refractivity contribution in [1.29, 1.82) is 0 Å². The molecule has 5 rings (SSSR count). The lowest BCUT2D eigenvalue weighted by Gasteiger charge is -2.35. The quantitative estimate of drug-likeness (QED) is 0.457. The van der Waals surface area contributed by atoms with Crippen molar-refractivity contribution in [2.75, 3.05) is 33.1 Å². The molecule has 1 N–H and O–H groups in total. The second kappa shape index (κ2) is 9.89. The van der Waals surface area contributed by atoms with Gasteiger partial charge in [0.2, 0.25) is 5.95 Å². The van der Waals surface area contributed by atoms with Crippen molar-refractivity contribution in [3.63, 3.8) is 0 Å². The van der Waals surface area contributed by atoms with Gasteiger partial charge in [0.15, 0.2) is 5.75 Å². The highest BCUT2D eigenvalue weighted by molar-refractivity contribution is 5.97. The summed E-state index contributed by atoms with van der Waals surface area (Å²) < 4.78 is 21.0. The minimum atomic E-state index is -0.654. The van der Waals surface area contributed by atoms with E-state index in [9.17, 15) is 9.18 Å². The van der Waals surface area contributed by atoms with Gasteiger partial charge in [0.25, 0.3) is 11.9 Å². The van der Waals surface area contributed by atoms with Crippen LogP contribution in [-0.4, -0.2) is 64.0 Å². The highest BCUT2D eigenvalue weighted by atomic mass is 19.1. The van der Waals surface area contributed by atoms with E-state index in [-0.39, 0.29) is 17.7 Å². The van der Waals surface area contributed by atoms with Crippen LogP contribution < -0.4 is 10.1 Å². The van der Waals surface area contributed by atoms with Gasteiger partial charge in [0.1, 0.15) is 0 Å². The zero-order valence-electron chi connectivity index (χ0n) is 21.3. The first kappa shape index (κ1) is 24.2. The fraction of sp³-hybridized carbons (Fsp3) is 0.444. The first-order valence-corrected chi connectivity index (χ1v) is 12.4. The number of benzene rings is 1. The number of carbonyl (C=O) groups excluding carboxylic acids is 1. The Balaban J connectivity index is 1.49. The standard InChI is InChI=1S/C27H33FN6O2/c1-17(19-13-24(36-4)25(28)31-14-19)34-9-7-22-20(16-32(3)21-5-6-21)11-18(12-23(22)26(34)35)15-33-10-8-30-27(33)29-2/h8,10-14,17,21H,5-7,9,15-16H2,1-4H3,(H,29,30)/t17-/m0/s1. The Labute approximate surface area is 211 Å². The number of rotatable bonds is 9. The van der Waals surface area contributed by atoms with Gasteiger partial charge in [0, 0.05) is 50.3 Å². The van der Waals surface area contributed by atoms with Crippen molar-refractivity contribution < 1.29 is 13.9 Å². The number of aromatic nitrogens is 3. The molecule has 1 saturated carbocycles. The van der Waals surface area contributed by atoms with Gasteiger partial charge in [-0.25, -0.2) is 9.97 Å². The summed E-state index contributed by atoms with van der Waals surface area (Å²) in [5.74, 6) is 0.197. The molecule has 1 aliphatic carbocycles. The zero-order chi connectivity index (χ0) is 25.4. The molecule has 3 aromatic rings. The van der Waals surface area contributed by atoms with Gasteiger partial charge in [0.05, 0.1) is 19.7 Å². The van der Waals surface area contributed by atoms with Gasteiger partial charge in [-0.1, -0.05) is 6.07 Å². The van der Waals surface area contributed by atoms with Crippen molar-refractivity contribution in [1.82, 2.24) is 24.3 Å². The number of anilines is 1. The Morgan fingerprint density at radius 3 is 2.81 bits per heavy atom. The Morgan fingerprint density at radius 1 is 1.28 bits per heavy atom. The molecule has 36 heavy (non-hydrogen) atoms. The fourth-order valence-corrected chi connectivity index (χ4v) is 5.14. The Morgan fingerprint density at radius 2 is 2.08 bits per heavy atom. The maximum atomic E-state index is 13.9. The average molecular weight is 493 g/mol. The maximum Gasteiger partial charge on any atom is 0.255 e. The molecule has 0 bridgehead atoms. The molecule has 3 heterocycles. The second-order valence-electron chi connectivity index (χ2n) is 9.74. The number of imidazole rings is 1. The molecule has 1 amide bonds. The van der Waals surface area contributed by atoms with Crippen LogP contribution >= 0.6 is 0 Å². The normalized spacial score (nSPS) is 16.3. The maximum absolute atomic E-state index is 13.9. The van der Waals surface area contributed by atoms with E-state index < -0.39 is 5.95 Å². The third-order valence-electron chi connectivity index (χ3n) is 7.38. The number of hydrogen-bond donors (Lipinski definition) is 1. The van der Waals surface area contributed by atoms with Gasteiger partial charge in [-0.3, -0.25) is 9.69 Å². The molecule has 1 aromatic carbocycles. The first-order valence-electron chi connectivity index (χ1n) is 12.4. The lowest BCUT2D eigenvalue weighted by molar-refractivity contribution is 0.0671. The van der Waals surface area contributed by atoms with Crippen LogP contribution in [0.25, 0.3) is 0 Å². The van der Waals surface area contributed by atoms with Gasteiger partial charge >= 0.3 is 0 Å². The molecule has 0 unspecified atom stereocenters. The average Bonchev–Trinajstić information content (AvgIpc) is 3.64. The number of amides is 1. The number of nitrogens with one attached hydrogen (secondary N) is 1. The van der Waals surface area contributed by atoms with Crippen LogP contribution in [0.5, 0.6) is 5.75 Å². The summed E-state index contributed by atoms with van der Waals surface area (Å²) in [4.78, 5) is 26.3. The zero-order valence-corrected chi connectivity index (χ0v) is 21.3. The summed E-state index contributed by atoms with van der Waals surface area (Å²) in [6.07, 6.45) is 8.43. The molecule has 1 atom stereocenters. The van der Waals surface area contributed by atoms with E-state index in [1.165, 1.54) is 31.7 Å². The molecule has 9 heteroatoms. The van der Waals surface area contributed by atoms with E-state index in [0.29, 0.717) is 19.1 Å². The number of pyridine rings is 1. The predicted octanol–water partition coefficient (Wildman–Crippen LogP) is 3.87. The summed E-state index contributed by atoms with van der Waals surface area (Å²) in [5.41, 5.74) is 4.91. The molecule has 8 nitrogen and oxygen atoms in total. The summed E-state index contributed by atoms with van der Waals surface area (Å²) in [6.45, 7) is 3.99. The summed E-state index contributed by atoms with van der Waals surface area (Å²) in [7, 11) is 5.43. The summed E-state index contributed by atoms with van der Waals surface area (Å²) >= 11 is 0. The minimum Gasteiger partial charge on any atom is -0.492 e. The number of halogens is 1. The van der Waals surface area contributed by atoms with Crippen LogP contribution in [-0.2, 0) is 19.5 Å². The molecule has 0 saturated heterocycles. The molecule has 0 spiro atoms. The fourth-order valence-electron chi connectivity index (χ4n) is 5.14. The monoisotopic (exact) mass is 492 g/mol. The predicted molar refractivity (Wildman–Crippen MR) is 136 cm³/mol. The molecule has 1 aliphatic heterocycles. The van der Waals surface area contributed by atoms with E-state index in [1.807, 2.05) is 35.7 Å². The van der Waals surface area contributed by atoms with Crippen molar-refractivity contribution in [2.24, 2.45) is 0 Å². The minimum absolute atomic E-state index is 0.0105. The molecular weight excluding hydrogens is 459 g/mol. The number of hydrogen-bond acceptors (Lipinski definition) is 6. The molecule has 190 valence electrons. The van der Waals surface area contributed by atoms with E-state index in [4.69, 9.17) is 4.74 Å². The number of methoxy groups -OCH3 is 1. The largest absolute Gasteiger partial charge is 0.492 e. The van der Waals surface area contributed by atoms with Gasteiger partial charge < -0.3 is 19.5 Å². The van der Waals surface area contributed by atoms with E-state index in [2.05, 4.69) is 33.3 Å². The molecule has 2 aromatic heterocycles. The lowest BCUT2D eigenvalue weighted by Crippen LogP contribution is -2.40. The smallest absolute Gasteiger partial charge is 0.255 e. The molecule has 2 aliphatic rings. The third kappa shape index (κ3) is 4.67. The highest BCUT2D eigenvalue weighted by Crippen LogP contribution is 2.34. The van der Waals surface area contributed by atoms with Crippen LogP contribution in [0.2, 0.25) is 0 Å². The molecular formula is C27H33FN6O2. The van der Waals surface area contributed by atoms with Gasteiger partial charge in [-0.2, -0.15) is 4.39 Å². The van der Waals surface area contributed by atoms with E-state index >= 15 is 0 Å². The highest BCUT2D eigenvalue weighted by Gasteiger charge is 2.32.